The molecule has 1 saturated heterocycles. The van der Waals surface area contributed by atoms with Crippen molar-refractivity contribution in [3.8, 4) is 11.6 Å². The van der Waals surface area contributed by atoms with Crippen LogP contribution in [0.25, 0.3) is 10.8 Å². The van der Waals surface area contributed by atoms with Crippen molar-refractivity contribution in [3.05, 3.63) is 30.5 Å². The fraction of sp³-hybridized carbons (Fsp3) is 0.520. The summed E-state index contributed by atoms with van der Waals surface area (Å²) in [6.45, 7) is 3.08. The van der Waals surface area contributed by atoms with E-state index in [4.69, 9.17) is 19.9 Å². The number of amides is 3. The predicted octanol–water partition coefficient (Wildman–Crippen LogP) is 2.92. The second-order valence-electron chi connectivity index (χ2n) is 9.86. The van der Waals surface area contributed by atoms with Gasteiger partial charge in [-0.25, -0.2) is 9.78 Å². The highest BCUT2D eigenvalue weighted by Gasteiger charge is 2.64. The third-order valence-corrected chi connectivity index (χ3v) is 6.80. The number of aromatic nitrogens is 1. The molecule has 1 aliphatic heterocycles. The molecule has 10 nitrogen and oxygen atoms in total. The third-order valence-electron chi connectivity index (χ3n) is 6.80. The number of benzene rings is 1. The number of halogens is 3. The summed E-state index contributed by atoms with van der Waals surface area (Å²) in [5.74, 6) is -1.21. The molecule has 1 aromatic carbocycles. The molecule has 3 atom stereocenters. The fourth-order valence-electron chi connectivity index (χ4n) is 4.48. The van der Waals surface area contributed by atoms with Crippen molar-refractivity contribution in [2.45, 2.75) is 63.1 Å². The SMILES string of the molecule is COc1ccc2c(O[C@@H]3C[C@@H](C(N)=O)N(C(=O)[C@@H](OC(=O)NC4(C(F)(F)F)CC4)C(C)C)C3)nccc2c1. The van der Waals surface area contributed by atoms with Crippen LogP contribution in [0.15, 0.2) is 30.5 Å². The zero-order valence-electron chi connectivity index (χ0n) is 21.1. The summed E-state index contributed by atoms with van der Waals surface area (Å²) < 4.78 is 56.2. The van der Waals surface area contributed by atoms with Gasteiger partial charge in [0, 0.05) is 18.0 Å². The summed E-state index contributed by atoms with van der Waals surface area (Å²) >= 11 is 0. The van der Waals surface area contributed by atoms with Gasteiger partial charge < -0.3 is 30.2 Å². The van der Waals surface area contributed by atoms with Crippen molar-refractivity contribution in [1.29, 1.82) is 0 Å². The van der Waals surface area contributed by atoms with Crippen LogP contribution in [-0.4, -0.2) is 71.4 Å². The Balaban J connectivity index is 1.49. The van der Waals surface area contributed by atoms with Crippen LogP contribution in [0.5, 0.6) is 11.6 Å². The topological polar surface area (TPSA) is 133 Å². The maximum Gasteiger partial charge on any atom is 0.411 e. The molecule has 0 bridgehead atoms. The first-order valence-electron chi connectivity index (χ1n) is 12.1. The fourth-order valence-corrected chi connectivity index (χ4v) is 4.48. The average Bonchev–Trinajstić information content (AvgIpc) is 3.52. The van der Waals surface area contributed by atoms with Crippen LogP contribution in [0.4, 0.5) is 18.0 Å². The summed E-state index contributed by atoms with van der Waals surface area (Å²) in [6, 6.07) is 6.03. The Kier molecular flexibility index (Phi) is 7.31. The lowest BCUT2D eigenvalue weighted by molar-refractivity contribution is -0.165. The lowest BCUT2D eigenvalue weighted by Crippen LogP contribution is -2.53. The summed E-state index contributed by atoms with van der Waals surface area (Å²) in [7, 11) is 1.55. The van der Waals surface area contributed by atoms with E-state index in [0.717, 1.165) is 10.3 Å². The van der Waals surface area contributed by atoms with Crippen LogP contribution >= 0.6 is 0 Å². The van der Waals surface area contributed by atoms with Crippen molar-refractivity contribution < 1.29 is 41.8 Å². The number of rotatable bonds is 8. The molecule has 1 aliphatic carbocycles. The van der Waals surface area contributed by atoms with Gasteiger partial charge in [0.05, 0.1) is 13.7 Å². The van der Waals surface area contributed by atoms with Crippen molar-refractivity contribution >= 4 is 28.7 Å². The van der Waals surface area contributed by atoms with Gasteiger partial charge in [-0.15, -0.1) is 0 Å². The zero-order valence-corrected chi connectivity index (χ0v) is 21.1. The number of alkyl halides is 3. The van der Waals surface area contributed by atoms with Gasteiger partial charge in [0.2, 0.25) is 11.8 Å². The molecule has 2 aliphatic rings. The van der Waals surface area contributed by atoms with Crippen molar-refractivity contribution in [2.24, 2.45) is 11.7 Å². The predicted molar refractivity (Wildman–Crippen MR) is 128 cm³/mol. The Morgan fingerprint density at radius 1 is 1.21 bits per heavy atom. The van der Waals surface area contributed by atoms with Gasteiger partial charge in [-0.3, -0.25) is 9.59 Å². The van der Waals surface area contributed by atoms with Gasteiger partial charge >= 0.3 is 12.3 Å². The van der Waals surface area contributed by atoms with E-state index in [1.807, 2.05) is 5.32 Å². The smallest absolute Gasteiger partial charge is 0.411 e. The number of fused-ring (bicyclic) bond motifs is 1. The van der Waals surface area contributed by atoms with Crippen molar-refractivity contribution in [3.63, 3.8) is 0 Å². The van der Waals surface area contributed by atoms with Crippen LogP contribution in [0.1, 0.15) is 33.1 Å². The highest BCUT2D eigenvalue weighted by molar-refractivity contribution is 5.91. The number of carbonyl (C=O) groups is 3. The number of nitrogens with two attached hydrogens (primary N) is 1. The standard InChI is InChI=1S/C25H29F3N4O6/c1-13(2)19(38-23(35)31-24(7-8-24)25(26,27)28)22(34)32-12-16(11-18(32)20(29)33)37-21-17-5-4-15(36-3)10-14(17)6-9-30-21/h4-6,9-10,13,16,18-19H,7-8,11-12H2,1-3H3,(H2,29,33)(H,31,35)/t16-,18+,19+/m1/s1. The number of hydrogen-bond donors (Lipinski definition) is 2. The van der Waals surface area contributed by atoms with Gasteiger partial charge in [0.1, 0.15) is 23.4 Å². The number of nitrogens with zero attached hydrogens (tertiary/aromatic N) is 2. The maximum atomic E-state index is 13.4. The number of pyridine rings is 1. The molecule has 2 aromatic rings. The van der Waals surface area contributed by atoms with E-state index >= 15 is 0 Å². The molecule has 2 heterocycles. The molecule has 2 fully saturated rings. The Labute approximate surface area is 216 Å². The number of primary amides is 1. The van der Waals surface area contributed by atoms with Crippen molar-refractivity contribution in [2.75, 3.05) is 13.7 Å². The summed E-state index contributed by atoms with van der Waals surface area (Å²) in [6.07, 6.45) is -7.03. The molecule has 0 spiro atoms. The van der Waals surface area contributed by atoms with Crippen LogP contribution in [0, 0.1) is 5.92 Å². The van der Waals surface area contributed by atoms with E-state index < -0.39 is 53.8 Å². The molecular formula is C25H29F3N4O6. The van der Waals surface area contributed by atoms with E-state index in [-0.39, 0.29) is 31.7 Å². The van der Waals surface area contributed by atoms with Crippen LogP contribution in [-0.2, 0) is 14.3 Å². The molecule has 3 N–H and O–H groups in total. The first kappa shape index (κ1) is 27.3. The van der Waals surface area contributed by atoms with Crippen LogP contribution < -0.4 is 20.5 Å². The first-order valence-corrected chi connectivity index (χ1v) is 12.1. The Morgan fingerprint density at radius 3 is 2.50 bits per heavy atom. The summed E-state index contributed by atoms with van der Waals surface area (Å²) in [5, 5.41) is 3.34. The monoisotopic (exact) mass is 538 g/mol. The molecule has 0 radical (unpaired) electrons. The summed E-state index contributed by atoms with van der Waals surface area (Å²) in [4.78, 5) is 43.4. The normalized spacial score (nSPS) is 21.2. The number of hydrogen-bond acceptors (Lipinski definition) is 7. The lowest BCUT2D eigenvalue weighted by Gasteiger charge is -2.29. The number of methoxy groups -OCH3 is 1. The van der Waals surface area contributed by atoms with E-state index in [2.05, 4.69) is 4.98 Å². The van der Waals surface area contributed by atoms with Crippen LogP contribution in [0.2, 0.25) is 0 Å². The molecule has 13 heteroatoms. The lowest BCUT2D eigenvalue weighted by atomic mass is 10.1. The van der Waals surface area contributed by atoms with E-state index in [9.17, 15) is 27.6 Å². The van der Waals surface area contributed by atoms with E-state index in [1.54, 1.807) is 51.4 Å². The molecule has 206 valence electrons. The average molecular weight is 539 g/mol. The minimum Gasteiger partial charge on any atom is -0.497 e. The molecule has 1 saturated carbocycles. The molecule has 4 rings (SSSR count). The van der Waals surface area contributed by atoms with Gasteiger partial charge in [-0.05, 0) is 48.4 Å². The highest BCUT2D eigenvalue weighted by atomic mass is 19.4. The molecule has 1 aromatic heterocycles. The van der Waals surface area contributed by atoms with Crippen LogP contribution in [0.3, 0.4) is 0 Å². The van der Waals surface area contributed by atoms with Gasteiger partial charge in [0.15, 0.2) is 6.10 Å². The number of carbonyl (C=O) groups excluding carboxylic acids is 3. The van der Waals surface area contributed by atoms with Gasteiger partial charge in [0.25, 0.3) is 5.91 Å². The number of likely N-dealkylation sites (tertiary alicyclic amines) is 1. The third kappa shape index (κ3) is 5.41. The largest absolute Gasteiger partial charge is 0.497 e. The number of nitrogens with one attached hydrogen (secondary N) is 1. The molecule has 3 amide bonds. The van der Waals surface area contributed by atoms with Crippen molar-refractivity contribution in [1.82, 2.24) is 15.2 Å². The minimum absolute atomic E-state index is 0.0590. The maximum absolute atomic E-state index is 13.4. The molecule has 38 heavy (non-hydrogen) atoms. The zero-order chi connectivity index (χ0) is 27.8. The van der Waals surface area contributed by atoms with E-state index in [0.29, 0.717) is 11.1 Å². The molecule has 0 unspecified atom stereocenters. The summed E-state index contributed by atoms with van der Waals surface area (Å²) in [5.41, 5.74) is 3.22. The highest BCUT2D eigenvalue weighted by Crippen LogP contribution is 2.49. The number of alkyl carbamates (subject to hydrolysis) is 1. The van der Waals surface area contributed by atoms with Gasteiger partial charge in [-0.1, -0.05) is 13.8 Å². The molecular weight excluding hydrogens is 509 g/mol. The Hall–Kier alpha value is -3.77. The first-order chi connectivity index (χ1) is 17.8. The number of ether oxygens (including phenoxy) is 3. The van der Waals surface area contributed by atoms with Gasteiger partial charge in [-0.2, -0.15) is 13.2 Å². The minimum atomic E-state index is -4.64. The second kappa shape index (κ2) is 10.2. The Bertz CT molecular complexity index is 1230. The Morgan fingerprint density at radius 2 is 1.92 bits per heavy atom. The second-order valence-corrected chi connectivity index (χ2v) is 9.86. The quantitative estimate of drug-likeness (QED) is 0.528. The van der Waals surface area contributed by atoms with E-state index in [1.165, 1.54) is 0 Å².